The van der Waals surface area contributed by atoms with Gasteiger partial charge in [0.15, 0.2) is 11.0 Å². The van der Waals surface area contributed by atoms with Gasteiger partial charge in [-0.25, -0.2) is 14.5 Å². The zero-order chi connectivity index (χ0) is 36.8. The van der Waals surface area contributed by atoms with Gasteiger partial charge in [0.25, 0.3) is 0 Å². The molecule has 9 nitrogen and oxygen atoms in total. The van der Waals surface area contributed by atoms with E-state index in [1.54, 1.807) is 6.07 Å². The van der Waals surface area contributed by atoms with Crippen LogP contribution in [0.3, 0.4) is 0 Å². The number of halogens is 1. The van der Waals surface area contributed by atoms with Crippen molar-refractivity contribution in [1.82, 2.24) is 29.8 Å². The van der Waals surface area contributed by atoms with Gasteiger partial charge in [-0.3, -0.25) is 0 Å². The Balaban J connectivity index is 1.35. The molecule has 0 spiro atoms. The van der Waals surface area contributed by atoms with Crippen LogP contribution in [0.15, 0.2) is 133 Å². The number of aromatic nitrogens is 6. The highest BCUT2D eigenvalue weighted by Crippen LogP contribution is 2.43. The fourth-order valence-electron chi connectivity index (χ4n) is 7.24. The Bertz CT molecular complexity index is 2230. The van der Waals surface area contributed by atoms with Crippen molar-refractivity contribution in [1.29, 1.82) is 0 Å². The Morgan fingerprint density at radius 1 is 0.755 bits per heavy atom. The molecule has 0 amide bonds. The molecule has 2 aromatic heterocycles. The smallest absolute Gasteiger partial charge is 0.336 e. The number of benzene rings is 5. The number of aromatic carboxylic acids is 1. The molecule has 0 unspecified atom stereocenters. The van der Waals surface area contributed by atoms with Gasteiger partial charge in [-0.15, -0.1) is 5.10 Å². The quantitative estimate of drug-likeness (QED) is 0.108. The highest BCUT2D eigenvalue weighted by Gasteiger charge is 2.42. The number of carboxylic acid groups (broad SMARTS) is 1. The first-order chi connectivity index (χ1) is 26.0. The van der Waals surface area contributed by atoms with Gasteiger partial charge in [-0.05, 0) is 62.7 Å². The number of imidazole rings is 1. The molecule has 7 rings (SSSR count). The number of unbranched alkanes of at least 4 members (excludes halogenated alkanes) is 1. The standard InChI is InChI=1S/C43H39ClN6O3/c1-2-3-23-39-45-40(44)38(29-51)49(39)27-26-30-24-25-35(37(28-30)42(52)53)34-21-13-14-22-36(34)41-46-47-48-50(41)43(31-15-7-4-8-16-31,32-17-9-5-10-18-32)33-19-11-6-12-20-33/h4-22,24-25,28,51H,2-3,23,26-27,29H2,1H3,(H,52,53). The lowest BCUT2D eigenvalue weighted by atomic mass is 9.77. The summed E-state index contributed by atoms with van der Waals surface area (Å²) in [6, 6.07) is 43.6. The van der Waals surface area contributed by atoms with Crippen molar-refractivity contribution >= 4 is 17.6 Å². The maximum absolute atomic E-state index is 13.0. The Kier molecular flexibility index (Phi) is 10.6. The van der Waals surface area contributed by atoms with Crippen molar-refractivity contribution < 1.29 is 15.0 Å². The fraction of sp³-hybridized carbons (Fsp3) is 0.186. The molecule has 0 radical (unpaired) electrons. The summed E-state index contributed by atoms with van der Waals surface area (Å²) < 4.78 is 3.81. The van der Waals surface area contributed by atoms with Crippen molar-refractivity contribution in [2.75, 3.05) is 0 Å². The highest BCUT2D eigenvalue weighted by molar-refractivity contribution is 6.30. The lowest BCUT2D eigenvalue weighted by molar-refractivity contribution is 0.0697. The molecule has 0 aliphatic carbocycles. The minimum absolute atomic E-state index is 0.159. The molecule has 0 atom stereocenters. The van der Waals surface area contributed by atoms with Crippen LogP contribution in [0.2, 0.25) is 5.15 Å². The summed E-state index contributed by atoms with van der Waals surface area (Å²) in [6.07, 6.45) is 3.21. The minimum atomic E-state index is -1.05. The van der Waals surface area contributed by atoms with Crippen molar-refractivity contribution in [3.8, 4) is 22.5 Å². The van der Waals surface area contributed by atoms with Crippen LogP contribution in [0.5, 0.6) is 0 Å². The first kappa shape index (κ1) is 35.5. The molecule has 0 bridgehead atoms. The summed E-state index contributed by atoms with van der Waals surface area (Å²) in [5, 5.41) is 34.5. The van der Waals surface area contributed by atoms with E-state index in [1.807, 2.05) is 100 Å². The van der Waals surface area contributed by atoms with E-state index in [0.29, 0.717) is 46.3 Å². The van der Waals surface area contributed by atoms with E-state index in [4.69, 9.17) is 16.8 Å². The minimum Gasteiger partial charge on any atom is -0.478 e. The average molecular weight is 723 g/mol. The lowest BCUT2D eigenvalue weighted by Crippen LogP contribution is -2.39. The number of hydrogen-bond acceptors (Lipinski definition) is 6. The Morgan fingerprint density at radius 3 is 1.91 bits per heavy atom. The number of tetrazole rings is 1. The number of carbonyl (C=O) groups is 1. The first-order valence-corrected chi connectivity index (χ1v) is 18.1. The molecule has 5 aromatic carbocycles. The molecular formula is C43H39ClN6O3. The van der Waals surface area contributed by atoms with Crippen LogP contribution >= 0.6 is 11.6 Å². The predicted molar refractivity (Wildman–Crippen MR) is 206 cm³/mol. The topological polar surface area (TPSA) is 119 Å². The van der Waals surface area contributed by atoms with Gasteiger partial charge in [0.1, 0.15) is 11.4 Å². The van der Waals surface area contributed by atoms with Gasteiger partial charge in [0.2, 0.25) is 0 Å². The van der Waals surface area contributed by atoms with Crippen LogP contribution in [0.1, 0.15) is 63.9 Å². The van der Waals surface area contributed by atoms with E-state index in [1.165, 1.54) is 0 Å². The lowest BCUT2D eigenvalue weighted by Gasteiger charge is -2.36. The summed E-state index contributed by atoms with van der Waals surface area (Å²) in [6.45, 7) is 2.38. The third kappa shape index (κ3) is 6.77. The third-order valence-electron chi connectivity index (χ3n) is 9.76. The molecular weight excluding hydrogens is 684 g/mol. The molecule has 0 saturated carbocycles. The zero-order valence-electron chi connectivity index (χ0n) is 29.3. The molecule has 7 aromatic rings. The van der Waals surface area contributed by atoms with E-state index in [-0.39, 0.29) is 12.2 Å². The predicted octanol–water partition coefficient (Wildman–Crippen LogP) is 8.47. The molecule has 266 valence electrons. The van der Waals surface area contributed by atoms with Crippen LogP contribution in [-0.4, -0.2) is 45.9 Å². The molecule has 0 saturated heterocycles. The van der Waals surface area contributed by atoms with E-state index < -0.39 is 11.5 Å². The number of aliphatic hydroxyl groups excluding tert-OH is 1. The summed E-state index contributed by atoms with van der Waals surface area (Å²) in [4.78, 5) is 17.5. The maximum Gasteiger partial charge on any atom is 0.336 e. The normalized spacial score (nSPS) is 11.5. The third-order valence-corrected chi connectivity index (χ3v) is 10.1. The van der Waals surface area contributed by atoms with Gasteiger partial charge in [0.05, 0.1) is 17.9 Å². The molecule has 0 fully saturated rings. The number of aryl methyl sites for hydroxylation is 2. The number of rotatable bonds is 14. The largest absolute Gasteiger partial charge is 0.478 e. The SMILES string of the molecule is CCCCc1nc(Cl)c(CO)n1CCc1ccc(-c2ccccc2-c2nnnn2C(c2ccccc2)(c2ccccc2)c2ccccc2)c(C(=O)O)c1. The monoisotopic (exact) mass is 722 g/mol. The molecule has 2 N–H and O–H groups in total. The first-order valence-electron chi connectivity index (χ1n) is 17.7. The number of aliphatic hydroxyl groups is 1. The van der Waals surface area contributed by atoms with E-state index in [9.17, 15) is 15.0 Å². The molecule has 0 aliphatic rings. The summed E-state index contributed by atoms with van der Waals surface area (Å²) >= 11 is 6.38. The van der Waals surface area contributed by atoms with Gasteiger partial charge < -0.3 is 14.8 Å². The second-order valence-corrected chi connectivity index (χ2v) is 13.2. The highest BCUT2D eigenvalue weighted by atomic mass is 35.5. The Hall–Kier alpha value is -5.90. The summed E-state index contributed by atoms with van der Waals surface area (Å²) in [5.74, 6) is 0.250. The Labute approximate surface area is 313 Å². The van der Waals surface area contributed by atoms with Crippen LogP contribution in [0.4, 0.5) is 0 Å². The van der Waals surface area contributed by atoms with Crippen LogP contribution in [0.25, 0.3) is 22.5 Å². The van der Waals surface area contributed by atoms with Crippen molar-refractivity contribution in [3.05, 3.63) is 178 Å². The van der Waals surface area contributed by atoms with Gasteiger partial charge in [0, 0.05) is 18.5 Å². The van der Waals surface area contributed by atoms with Gasteiger partial charge in [-0.2, -0.15) is 0 Å². The van der Waals surface area contributed by atoms with E-state index in [0.717, 1.165) is 47.3 Å². The summed E-state index contributed by atoms with van der Waals surface area (Å²) in [5.41, 5.74) is 5.36. The number of carboxylic acids is 1. The fourth-order valence-corrected chi connectivity index (χ4v) is 7.50. The second-order valence-electron chi connectivity index (χ2n) is 12.9. The molecule has 10 heteroatoms. The molecule has 2 heterocycles. The van der Waals surface area contributed by atoms with Crippen LogP contribution in [-0.2, 0) is 31.5 Å². The average Bonchev–Trinajstić information content (AvgIpc) is 3.81. The van der Waals surface area contributed by atoms with Crippen LogP contribution in [0, 0.1) is 0 Å². The van der Waals surface area contributed by atoms with Crippen molar-refractivity contribution in [2.24, 2.45) is 0 Å². The van der Waals surface area contributed by atoms with Gasteiger partial charge >= 0.3 is 5.97 Å². The van der Waals surface area contributed by atoms with Crippen molar-refractivity contribution in [3.63, 3.8) is 0 Å². The van der Waals surface area contributed by atoms with Crippen LogP contribution < -0.4 is 0 Å². The summed E-state index contributed by atoms with van der Waals surface area (Å²) in [7, 11) is 0. The van der Waals surface area contributed by atoms with E-state index in [2.05, 4.69) is 58.6 Å². The number of hydrogen-bond donors (Lipinski definition) is 2. The second kappa shape index (κ2) is 15.8. The van der Waals surface area contributed by atoms with Crippen molar-refractivity contribution in [2.45, 2.75) is 51.3 Å². The maximum atomic E-state index is 13.0. The zero-order valence-corrected chi connectivity index (χ0v) is 30.1. The van der Waals surface area contributed by atoms with Gasteiger partial charge in [-0.1, -0.05) is 152 Å². The molecule has 53 heavy (non-hydrogen) atoms. The van der Waals surface area contributed by atoms with E-state index >= 15 is 0 Å². The molecule has 0 aliphatic heterocycles. The Morgan fingerprint density at radius 2 is 1.34 bits per heavy atom. The number of nitrogens with zero attached hydrogens (tertiary/aromatic N) is 6.